The van der Waals surface area contributed by atoms with Crippen molar-refractivity contribution >= 4 is 33.0 Å². The number of amides is 1. The first-order valence-electron chi connectivity index (χ1n) is 9.00. The maximum Gasteiger partial charge on any atom is 0.286 e. The monoisotopic (exact) mass is 435 g/mol. The molecule has 1 aliphatic rings. The molecule has 10 nitrogen and oxygen atoms in total. The predicted molar refractivity (Wildman–Crippen MR) is 111 cm³/mol. The first-order chi connectivity index (χ1) is 14.2. The summed E-state index contributed by atoms with van der Waals surface area (Å²) < 4.78 is 35.7. The van der Waals surface area contributed by atoms with Crippen LogP contribution in [0.1, 0.15) is 22.3 Å². The summed E-state index contributed by atoms with van der Waals surface area (Å²) in [5.41, 5.74) is 0.918. The molecular formula is C19H21N3O7S. The van der Waals surface area contributed by atoms with Crippen LogP contribution in [0.2, 0.25) is 0 Å². The van der Waals surface area contributed by atoms with Gasteiger partial charge in [0.25, 0.3) is 11.6 Å². The number of ether oxygens (including phenoxy) is 2. The molecule has 3 rings (SSSR count). The summed E-state index contributed by atoms with van der Waals surface area (Å²) in [5.74, 6) is -0.284. The van der Waals surface area contributed by atoms with Crippen molar-refractivity contribution < 1.29 is 27.6 Å². The number of hydrogen-bond acceptors (Lipinski definition) is 7. The van der Waals surface area contributed by atoms with Crippen LogP contribution in [-0.4, -0.2) is 45.8 Å². The summed E-state index contributed by atoms with van der Waals surface area (Å²) in [5, 5.41) is 14.1. The Kier molecular flexibility index (Phi) is 5.83. The lowest BCUT2D eigenvalue weighted by molar-refractivity contribution is -0.385. The van der Waals surface area contributed by atoms with Crippen molar-refractivity contribution in [2.45, 2.75) is 13.3 Å². The second-order valence-corrected chi connectivity index (χ2v) is 8.69. The van der Waals surface area contributed by atoms with Crippen LogP contribution < -0.4 is 19.1 Å². The minimum Gasteiger partial charge on any atom is -0.493 e. The number of nitro benzene ring substituents is 1. The van der Waals surface area contributed by atoms with E-state index in [4.69, 9.17) is 9.47 Å². The van der Waals surface area contributed by atoms with Gasteiger partial charge in [0.2, 0.25) is 10.0 Å². The zero-order valence-corrected chi connectivity index (χ0v) is 17.5. The average Bonchev–Trinajstić information content (AvgIpc) is 3.07. The zero-order valence-electron chi connectivity index (χ0n) is 16.7. The number of nitrogens with one attached hydrogen (secondary N) is 1. The minimum absolute atomic E-state index is 0.105. The highest BCUT2D eigenvalue weighted by Gasteiger charge is 2.29. The van der Waals surface area contributed by atoms with E-state index >= 15 is 0 Å². The van der Waals surface area contributed by atoms with Crippen LogP contribution in [0.5, 0.6) is 11.5 Å². The lowest BCUT2D eigenvalue weighted by atomic mass is 10.1. The SMILES string of the molecule is COc1cc(C(=O)Nc2ccc(N3CCCS3(=O)=O)cc2C)c([N+](=O)[O-])cc1OC. The van der Waals surface area contributed by atoms with Crippen molar-refractivity contribution in [2.24, 2.45) is 0 Å². The first-order valence-corrected chi connectivity index (χ1v) is 10.6. The fourth-order valence-electron chi connectivity index (χ4n) is 3.26. The second kappa shape index (κ2) is 8.19. The molecule has 11 heteroatoms. The maximum atomic E-state index is 12.8. The van der Waals surface area contributed by atoms with Gasteiger partial charge in [-0.3, -0.25) is 19.2 Å². The molecule has 0 bridgehead atoms. The Balaban J connectivity index is 1.92. The van der Waals surface area contributed by atoms with Crippen LogP contribution in [-0.2, 0) is 10.0 Å². The summed E-state index contributed by atoms with van der Waals surface area (Å²) in [4.78, 5) is 23.5. The van der Waals surface area contributed by atoms with Gasteiger partial charge in [0, 0.05) is 18.3 Å². The smallest absolute Gasteiger partial charge is 0.286 e. The van der Waals surface area contributed by atoms with Gasteiger partial charge in [-0.2, -0.15) is 0 Å². The molecule has 160 valence electrons. The van der Waals surface area contributed by atoms with Crippen LogP contribution in [0, 0.1) is 17.0 Å². The number of anilines is 2. The highest BCUT2D eigenvalue weighted by Crippen LogP contribution is 2.35. The van der Waals surface area contributed by atoms with Crippen molar-refractivity contribution in [3.63, 3.8) is 0 Å². The molecule has 0 aliphatic carbocycles. The minimum atomic E-state index is -3.32. The molecule has 1 heterocycles. The number of rotatable bonds is 6. The fourth-order valence-corrected chi connectivity index (χ4v) is 4.82. The maximum absolute atomic E-state index is 12.8. The Bertz CT molecular complexity index is 1120. The van der Waals surface area contributed by atoms with Crippen molar-refractivity contribution in [3.05, 3.63) is 51.6 Å². The number of methoxy groups -OCH3 is 2. The second-order valence-electron chi connectivity index (χ2n) is 6.68. The topological polar surface area (TPSA) is 128 Å². The number of hydrogen-bond donors (Lipinski definition) is 1. The Morgan fingerprint density at radius 3 is 2.37 bits per heavy atom. The highest BCUT2D eigenvalue weighted by atomic mass is 32.2. The van der Waals surface area contributed by atoms with E-state index < -0.39 is 26.5 Å². The summed E-state index contributed by atoms with van der Waals surface area (Å²) in [7, 11) is -0.618. The number of carbonyl (C=O) groups is 1. The van der Waals surface area contributed by atoms with Crippen LogP contribution in [0.4, 0.5) is 17.1 Å². The lowest BCUT2D eigenvalue weighted by Crippen LogP contribution is -2.25. The largest absolute Gasteiger partial charge is 0.493 e. The third-order valence-corrected chi connectivity index (χ3v) is 6.66. The third kappa shape index (κ3) is 4.01. The molecule has 0 unspecified atom stereocenters. The molecule has 2 aromatic carbocycles. The molecular weight excluding hydrogens is 414 g/mol. The van der Waals surface area contributed by atoms with Gasteiger partial charge in [0.1, 0.15) is 5.56 Å². The van der Waals surface area contributed by atoms with E-state index in [0.29, 0.717) is 29.9 Å². The lowest BCUT2D eigenvalue weighted by Gasteiger charge is -2.19. The van der Waals surface area contributed by atoms with Gasteiger partial charge in [-0.25, -0.2) is 8.42 Å². The molecule has 1 aliphatic heterocycles. The summed E-state index contributed by atoms with van der Waals surface area (Å²) in [6.07, 6.45) is 0.558. The molecule has 1 saturated heterocycles. The fraction of sp³-hybridized carbons (Fsp3) is 0.316. The Labute approximate surface area is 173 Å². The van der Waals surface area contributed by atoms with Crippen LogP contribution in [0.25, 0.3) is 0 Å². The molecule has 1 N–H and O–H groups in total. The van der Waals surface area contributed by atoms with Gasteiger partial charge in [-0.15, -0.1) is 0 Å². The van der Waals surface area contributed by atoms with E-state index in [9.17, 15) is 23.3 Å². The van der Waals surface area contributed by atoms with E-state index in [-0.39, 0.29) is 22.8 Å². The Hall–Kier alpha value is -3.34. The Morgan fingerprint density at radius 1 is 1.17 bits per heavy atom. The number of nitrogens with zero attached hydrogens (tertiary/aromatic N) is 2. The van der Waals surface area contributed by atoms with Gasteiger partial charge < -0.3 is 14.8 Å². The quantitative estimate of drug-likeness (QED) is 0.546. The Morgan fingerprint density at radius 2 is 1.83 bits per heavy atom. The molecule has 0 spiro atoms. The van der Waals surface area contributed by atoms with Gasteiger partial charge in [0.05, 0.1) is 36.6 Å². The first kappa shape index (κ1) is 21.4. The predicted octanol–water partition coefficient (Wildman–Crippen LogP) is 2.71. The molecule has 0 aromatic heterocycles. The number of carbonyl (C=O) groups excluding carboxylic acids is 1. The number of aryl methyl sites for hydroxylation is 1. The number of benzene rings is 2. The molecule has 2 aromatic rings. The van der Waals surface area contributed by atoms with Gasteiger partial charge in [0.15, 0.2) is 11.5 Å². The van der Waals surface area contributed by atoms with Gasteiger partial charge in [-0.1, -0.05) is 0 Å². The normalized spacial score (nSPS) is 15.0. The summed E-state index contributed by atoms with van der Waals surface area (Å²) in [6.45, 7) is 2.12. The van der Waals surface area contributed by atoms with E-state index in [0.717, 1.165) is 6.07 Å². The van der Waals surface area contributed by atoms with Crippen molar-refractivity contribution in [1.29, 1.82) is 0 Å². The molecule has 0 radical (unpaired) electrons. The van der Waals surface area contributed by atoms with E-state index in [2.05, 4.69) is 5.32 Å². The van der Waals surface area contributed by atoms with E-state index in [1.54, 1.807) is 25.1 Å². The van der Waals surface area contributed by atoms with E-state index in [1.165, 1.54) is 24.6 Å². The van der Waals surface area contributed by atoms with Crippen LogP contribution in [0.15, 0.2) is 30.3 Å². The molecule has 0 saturated carbocycles. The third-order valence-electron chi connectivity index (χ3n) is 4.79. The van der Waals surface area contributed by atoms with Gasteiger partial charge >= 0.3 is 0 Å². The number of sulfonamides is 1. The average molecular weight is 435 g/mol. The zero-order chi connectivity index (χ0) is 22.1. The van der Waals surface area contributed by atoms with E-state index in [1.807, 2.05) is 0 Å². The standard InChI is InChI=1S/C19H21N3O7S/c1-12-9-13(21-7-4-8-30(21,26)27)5-6-15(12)20-19(23)14-10-17(28-2)18(29-3)11-16(14)22(24)25/h5-6,9-11H,4,7-8H2,1-3H3,(H,20,23). The molecule has 0 atom stereocenters. The van der Waals surface area contributed by atoms with Crippen LogP contribution >= 0.6 is 0 Å². The van der Waals surface area contributed by atoms with Crippen molar-refractivity contribution in [3.8, 4) is 11.5 Å². The summed E-state index contributed by atoms with van der Waals surface area (Å²) >= 11 is 0. The highest BCUT2D eigenvalue weighted by molar-refractivity contribution is 7.93. The van der Waals surface area contributed by atoms with Gasteiger partial charge in [-0.05, 0) is 37.1 Å². The molecule has 30 heavy (non-hydrogen) atoms. The summed E-state index contributed by atoms with van der Waals surface area (Å²) in [6, 6.07) is 7.19. The molecule has 1 fully saturated rings. The van der Waals surface area contributed by atoms with Crippen molar-refractivity contribution in [1.82, 2.24) is 0 Å². The van der Waals surface area contributed by atoms with Crippen molar-refractivity contribution in [2.75, 3.05) is 36.1 Å². The molecule has 1 amide bonds. The van der Waals surface area contributed by atoms with Crippen LogP contribution in [0.3, 0.4) is 0 Å². The number of nitro groups is 1.